The van der Waals surface area contributed by atoms with E-state index in [0.717, 1.165) is 5.56 Å². The monoisotopic (exact) mass is 369 g/mol. The Morgan fingerprint density at radius 3 is 2.38 bits per heavy atom. The normalized spacial score (nSPS) is 11.8. The molecule has 0 saturated carbocycles. The van der Waals surface area contributed by atoms with Gasteiger partial charge in [-0.2, -0.15) is 0 Å². The van der Waals surface area contributed by atoms with Crippen molar-refractivity contribution in [2.24, 2.45) is 0 Å². The van der Waals surface area contributed by atoms with Crippen molar-refractivity contribution in [2.75, 3.05) is 0 Å². The molecule has 1 aromatic heterocycles. The molecule has 26 heavy (non-hydrogen) atoms. The first-order valence-corrected chi connectivity index (χ1v) is 8.85. The second-order valence-corrected chi connectivity index (χ2v) is 6.68. The molecule has 0 aliphatic rings. The zero-order valence-corrected chi connectivity index (χ0v) is 15.0. The minimum Gasteiger partial charge on any atom is -0.450 e. The molecule has 132 valence electrons. The third kappa shape index (κ3) is 4.03. The summed E-state index contributed by atoms with van der Waals surface area (Å²) in [5, 5.41) is 2.14. The lowest BCUT2D eigenvalue weighted by molar-refractivity contribution is 0.0314. The van der Waals surface area contributed by atoms with Crippen LogP contribution in [0.5, 0.6) is 0 Å². The number of carbonyl (C=O) groups excluding carboxylic acids is 2. The van der Waals surface area contributed by atoms with Crippen LogP contribution in [0.25, 0.3) is 10.6 Å². The van der Waals surface area contributed by atoms with Crippen molar-refractivity contribution in [1.29, 1.82) is 0 Å². The SMILES string of the molecule is Cc1ccc(C(=O)[C@H](C)OC(=O)c2csc(-c3ccc(F)cc3)n2)cc1. The van der Waals surface area contributed by atoms with Gasteiger partial charge in [0.2, 0.25) is 5.78 Å². The van der Waals surface area contributed by atoms with Crippen molar-refractivity contribution in [2.45, 2.75) is 20.0 Å². The Bertz CT molecular complexity index is 932. The summed E-state index contributed by atoms with van der Waals surface area (Å²) in [6.07, 6.45) is -0.916. The second kappa shape index (κ2) is 7.58. The van der Waals surface area contributed by atoms with Gasteiger partial charge in [0.25, 0.3) is 0 Å². The molecular weight excluding hydrogens is 353 g/mol. The molecule has 0 aliphatic heterocycles. The molecule has 6 heteroatoms. The molecule has 4 nitrogen and oxygen atoms in total. The highest BCUT2D eigenvalue weighted by Crippen LogP contribution is 2.24. The van der Waals surface area contributed by atoms with Crippen LogP contribution in [0.3, 0.4) is 0 Å². The summed E-state index contributed by atoms with van der Waals surface area (Å²) < 4.78 is 18.2. The van der Waals surface area contributed by atoms with Gasteiger partial charge in [0.1, 0.15) is 10.8 Å². The van der Waals surface area contributed by atoms with Gasteiger partial charge in [-0.15, -0.1) is 11.3 Å². The Labute approximate surface area is 154 Å². The van der Waals surface area contributed by atoms with E-state index in [-0.39, 0.29) is 17.3 Å². The highest BCUT2D eigenvalue weighted by atomic mass is 32.1. The number of aromatic nitrogens is 1. The number of hydrogen-bond donors (Lipinski definition) is 0. The van der Waals surface area contributed by atoms with Crippen molar-refractivity contribution in [3.8, 4) is 10.6 Å². The Kier molecular flexibility index (Phi) is 5.23. The number of benzene rings is 2. The van der Waals surface area contributed by atoms with E-state index in [4.69, 9.17) is 4.74 Å². The highest BCUT2D eigenvalue weighted by molar-refractivity contribution is 7.13. The fourth-order valence-corrected chi connectivity index (χ4v) is 3.11. The molecule has 2 aromatic carbocycles. The van der Waals surface area contributed by atoms with Crippen molar-refractivity contribution in [3.63, 3.8) is 0 Å². The van der Waals surface area contributed by atoms with Gasteiger partial charge in [-0.05, 0) is 38.1 Å². The van der Waals surface area contributed by atoms with Gasteiger partial charge in [-0.25, -0.2) is 14.2 Å². The maximum absolute atomic E-state index is 13.0. The van der Waals surface area contributed by atoms with Gasteiger partial charge in [0.15, 0.2) is 11.8 Å². The highest BCUT2D eigenvalue weighted by Gasteiger charge is 2.22. The van der Waals surface area contributed by atoms with Gasteiger partial charge in [0.05, 0.1) is 0 Å². The predicted octanol–water partition coefficient (Wildman–Crippen LogP) is 4.69. The Balaban J connectivity index is 1.69. The van der Waals surface area contributed by atoms with Gasteiger partial charge in [0, 0.05) is 16.5 Å². The smallest absolute Gasteiger partial charge is 0.358 e. The number of thiazole rings is 1. The number of esters is 1. The van der Waals surface area contributed by atoms with E-state index in [1.165, 1.54) is 30.4 Å². The Morgan fingerprint density at radius 1 is 1.08 bits per heavy atom. The first-order chi connectivity index (χ1) is 12.4. The lowest BCUT2D eigenvalue weighted by atomic mass is 10.1. The molecule has 0 radical (unpaired) electrons. The lowest BCUT2D eigenvalue weighted by Gasteiger charge is -2.11. The maximum atomic E-state index is 13.0. The molecule has 3 rings (SSSR count). The summed E-state index contributed by atoms with van der Waals surface area (Å²) in [6, 6.07) is 12.9. The van der Waals surface area contributed by atoms with Crippen molar-refractivity contribution in [3.05, 3.63) is 76.5 Å². The zero-order valence-electron chi connectivity index (χ0n) is 14.2. The molecule has 0 spiro atoms. The average molecular weight is 369 g/mol. The summed E-state index contributed by atoms with van der Waals surface area (Å²) in [4.78, 5) is 28.8. The van der Waals surface area contributed by atoms with Crippen LogP contribution in [0.15, 0.2) is 53.9 Å². The number of nitrogens with zero attached hydrogens (tertiary/aromatic N) is 1. The van der Waals surface area contributed by atoms with Crippen LogP contribution in [0, 0.1) is 12.7 Å². The number of hydrogen-bond acceptors (Lipinski definition) is 5. The largest absolute Gasteiger partial charge is 0.450 e. The van der Waals surface area contributed by atoms with Crippen LogP contribution >= 0.6 is 11.3 Å². The fourth-order valence-electron chi connectivity index (χ4n) is 2.32. The number of carbonyl (C=O) groups is 2. The van der Waals surface area contributed by atoms with Crippen LogP contribution in [0.1, 0.15) is 33.3 Å². The van der Waals surface area contributed by atoms with Gasteiger partial charge in [-0.1, -0.05) is 29.8 Å². The first kappa shape index (κ1) is 17.9. The topological polar surface area (TPSA) is 56.3 Å². The number of ketones is 1. The minimum absolute atomic E-state index is 0.123. The number of ether oxygens (including phenoxy) is 1. The molecule has 1 atom stereocenters. The Morgan fingerprint density at radius 2 is 1.73 bits per heavy atom. The lowest BCUT2D eigenvalue weighted by Crippen LogP contribution is -2.24. The van der Waals surface area contributed by atoms with E-state index in [0.29, 0.717) is 16.1 Å². The molecule has 0 saturated heterocycles. The standard InChI is InChI=1S/C20H16FNO3S/c1-12-3-5-14(6-4-12)18(23)13(2)25-20(24)17-11-26-19(22-17)15-7-9-16(21)10-8-15/h3-11,13H,1-2H3/t13-/m0/s1. The molecule has 0 bridgehead atoms. The van der Waals surface area contributed by atoms with E-state index in [9.17, 15) is 14.0 Å². The molecule has 1 heterocycles. The summed E-state index contributed by atoms with van der Waals surface area (Å²) in [6.45, 7) is 3.46. The third-order valence-electron chi connectivity index (χ3n) is 3.79. The summed E-state index contributed by atoms with van der Waals surface area (Å²) in [7, 11) is 0. The fraction of sp³-hybridized carbons (Fsp3) is 0.150. The Hall–Kier alpha value is -2.86. The van der Waals surface area contributed by atoms with E-state index >= 15 is 0 Å². The van der Waals surface area contributed by atoms with Gasteiger partial charge in [-0.3, -0.25) is 4.79 Å². The molecule has 0 unspecified atom stereocenters. The maximum Gasteiger partial charge on any atom is 0.358 e. The van der Waals surface area contributed by atoms with Gasteiger partial charge >= 0.3 is 5.97 Å². The van der Waals surface area contributed by atoms with Crippen LogP contribution in [-0.2, 0) is 4.74 Å². The van der Waals surface area contributed by atoms with E-state index < -0.39 is 12.1 Å². The van der Waals surface area contributed by atoms with Crippen molar-refractivity contribution >= 4 is 23.1 Å². The number of halogens is 1. The van der Waals surface area contributed by atoms with Crippen LogP contribution in [-0.4, -0.2) is 22.8 Å². The molecule has 3 aromatic rings. The average Bonchev–Trinajstić information content (AvgIpc) is 3.12. The summed E-state index contributed by atoms with van der Waals surface area (Å²) in [5.41, 5.74) is 2.36. The number of aryl methyl sites for hydroxylation is 1. The number of Topliss-reactive ketones (excluding diaryl/α,β-unsaturated/α-hetero) is 1. The summed E-state index contributed by atoms with van der Waals surface area (Å²) in [5.74, 6) is -1.27. The molecule has 0 amide bonds. The second-order valence-electron chi connectivity index (χ2n) is 5.82. The molecule has 0 N–H and O–H groups in total. The third-order valence-corrected chi connectivity index (χ3v) is 4.68. The van der Waals surface area contributed by atoms with Crippen LogP contribution in [0.2, 0.25) is 0 Å². The van der Waals surface area contributed by atoms with Crippen molar-refractivity contribution < 1.29 is 18.7 Å². The summed E-state index contributed by atoms with van der Waals surface area (Å²) >= 11 is 1.25. The minimum atomic E-state index is -0.916. The predicted molar refractivity (Wildman–Crippen MR) is 97.9 cm³/mol. The van der Waals surface area contributed by atoms with E-state index in [2.05, 4.69) is 4.98 Å². The van der Waals surface area contributed by atoms with E-state index in [1.807, 2.05) is 19.1 Å². The quantitative estimate of drug-likeness (QED) is 0.484. The molecular formula is C20H16FNO3S. The van der Waals surface area contributed by atoms with Crippen LogP contribution < -0.4 is 0 Å². The van der Waals surface area contributed by atoms with Crippen LogP contribution in [0.4, 0.5) is 4.39 Å². The van der Waals surface area contributed by atoms with Gasteiger partial charge < -0.3 is 4.74 Å². The van der Waals surface area contributed by atoms with Crippen molar-refractivity contribution in [1.82, 2.24) is 4.98 Å². The zero-order chi connectivity index (χ0) is 18.7. The molecule has 0 fully saturated rings. The van der Waals surface area contributed by atoms with E-state index in [1.54, 1.807) is 29.6 Å². The number of rotatable bonds is 5. The molecule has 0 aliphatic carbocycles. The first-order valence-electron chi connectivity index (χ1n) is 7.97.